The summed E-state index contributed by atoms with van der Waals surface area (Å²) in [6.07, 6.45) is 0.777. The quantitative estimate of drug-likeness (QED) is 0.574. The molecular weight excluding hydrogens is 256 g/mol. The van der Waals surface area contributed by atoms with E-state index in [0.717, 1.165) is 17.8 Å². The zero-order valence-corrected chi connectivity index (χ0v) is 11.2. The molecule has 0 radical (unpaired) electrons. The second-order valence-electron chi connectivity index (χ2n) is 4.03. The number of para-hydroxylation sites is 1. The van der Waals surface area contributed by atoms with Gasteiger partial charge >= 0.3 is 0 Å². The second kappa shape index (κ2) is 7.19. The summed E-state index contributed by atoms with van der Waals surface area (Å²) in [5.74, 6) is 2.10. The number of hydrogen-bond donors (Lipinski definition) is 0. The van der Waals surface area contributed by atoms with Gasteiger partial charge in [-0.15, -0.1) is 0 Å². The minimum absolute atomic E-state index is 0.372. The Morgan fingerprint density at radius 2 is 1.55 bits per heavy atom. The van der Waals surface area contributed by atoms with E-state index in [4.69, 9.17) is 14.2 Å². The monoisotopic (exact) mass is 272 g/mol. The molecule has 20 heavy (non-hydrogen) atoms. The standard InChI is InChI=1S/C16H16O4/c1-18-14-6-8-15(9-7-14)19-10-11-20-16-5-3-2-4-13(16)12-17/h2-9,12H,10-11H2,1H3. The van der Waals surface area contributed by atoms with Crippen molar-refractivity contribution in [2.75, 3.05) is 20.3 Å². The van der Waals surface area contributed by atoms with Crippen LogP contribution in [0.1, 0.15) is 10.4 Å². The summed E-state index contributed by atoms with van der Waals surface area (Å²) in [4.78, 5) is 10.8. The van der Waals surface area contributed by atoms with Crippen molar-refractivity contribution < 1.29 is 19.0 Å². The number of carbonyl (C=O) groups is 1. The van der Waals surface area contributed by atoms with Crippen molar-refractivity contribution in [3.63, 3.8) is 0 Å². The predicted molar refractivity (Wildman–Crippen MR) is 75.8 cm³/mol. The molecule has 4 nitrogen and oxygen atoms in total. The number of hydrogen-bond acceptors (Lipinski definition) is 4. The van der Waals surface area contributed by atoms with Crippen LogP contribution in [0.4, 0.5) is 0 Å². The van der Waals surface area contributed by atoms with Gasteiger partial charge in [0.1, 0.15) is 30.5 Å². The first-order chi connectivity index (χ1) is 9.83. The van der Waals surface area contributed by atoms with Crippen molar-refractivity contribution in [2.45, 2.75) is 0 Å². The third kappa shape index (κ3) is 3.75. The lowest BCUT2D eigenvalue weighted by Gasteiger charge is -2.10. The summed E-state index contributed by atoms with van der Waals surface area (Å²) in [6.45, 7) is 0.774. The minimum atomic E-state index is 0.372. The molecule has 0 saturated heterocycles. The first-order valence-corrected chi connectivity index (χ1v) is 6.27. The van der Waals surface area contributed by atoms with E-state index in [0.29, 0.717) is 24.5 Å². The molecule has 0 heterocycles. The molecule has 0 spiro atoms. The zero-order valence-electron chi connectivity index (χ0n) is 11.2. The lowest BCUT2D eigenvalue weighted by atomic mass is 10.2. The van der Waals surface area contributed by atoms with E-state index in [2.05, 4.69) is 0 Å². The van der Waals surface area contributed by atoms with Gasteiger partial charge in [0, 0.05) is 0 Å². The summed E-state index contributed by atoms with van der Waals surface area (Å²) >= 11 is 0. The summed E-state index contributed by atoms with van der Waals surface area (Å²) in [7, 11) is 1.62. The average Bonchev–Trinajstić information content (AvgIpc) is 2.52. The van der Waals surface area contributed by atoms with Gasteiger partial charge in [-0.2, -0.15) is 0 Å². The van der Waals surface area contributed by atoms with Crippen molar-refractivity contribution in [2.24, 2.45) is 0 Å². The fourth-order valence-corrected chi connectivity index (χ4v) is 1.69. The lowest BCUT2D eigenvalue weighted by Crippen LogP contribution is -2.09. The molecule has 104 valence electrons. The summed E-state index contributed by atoms with van der Waals surface area (Å²) in [5, 5.41) is 0. The van der Waals surface area contributed by atoms with Gasteiger partial charge in [-0.25, -0.2) is 0 Å². The second-order valence-corrected chi connectivity index (χ2v) is 4.03. The molecule has 0 aromatic heterocycles. The smallest absolute Gasteiger partial charge is 0.153 e. The van der Waals surface area contributed by atoms with Crippen LogP contribution >= 0.6 is 0 Å². The average molecular weight is 272 g/mol. The van der Waals surface area contributed by atoms with Gasteiger partial charge in [-0.3, -0.25) is 4.79 Å². The van der Waals surface area contributed by atoms with Crippen LogP contribution in [0.2, 0.25) is 0 Å². The Morgan fingerprint density at radius 1 is 0.900 bits per heavy atom. The molecule has 0 atom stereocenters. The fraction of sp³-hybridized carbons (Fsp3) is 0.188. The van der Waals surface area contributed by atoms with Crippen LogP contribution in [0, 0.1) is 0 Å². The largest absolute Gasteiger partial charge is 0.497 e. The number of aldehydes is 1. The Hall–Kier alpha value is -2.49. The Labute approximate surface area is 117 Å². The van der Waals surface area contributed by atoms with E-state index >= 15 is 0 Å². The Morgan fingerprint density at radius 3 is 2.25 bits per heavy atom. The maximum Gasteiger partial charge on any atom is 0.153 e. The van der Waals surface area contributed by atoms with Crippen molar-refractivity contribution in [1.82, 2.24) is 0 Å². The molecule has 2 aromatic rings. The zero-order chi connectivity index (χ0) is 14.2. The molecule has 2 aromatic carbocycles. The molecule has 0 unspecified atom stereocenters. The normalized spacial score (nSPS) is 9.85. The van der Waals surface area contributed by atoms with Crippen molar-refractivity contribution >= 4 is 6.29 Å². The van der Waals surface area contributed by atoms with E-state index in [9.17, 15) is 4.79 Å². The molecule has 0 N–H and O–H groups in total. The van der Waals surface area contributed by atoms with Gasteiger partial charge in [0.05, 0.1) is 12.7 Å². The van der Waals surface area contributed by atoms with Crippen LogP contribution in [0.25, 0.3) is 0 Å². The minimum Gasteiger partial charge on any atom is -0.497 e. The number of carbonyl (C=O) groups excluding carboxylic acids is 1. The topological polar surface area (TPSA) is 44.8 Å². The molecule has 0 fully saturated rings. The van der Waals surface area contributed by atoms with Crippen LogP contribution in [0.15, 0.2) is 48.5 Å². The molecular formula is C16H16O4. The van der Waals surface area contributed by atoms with Crippen molar-refractivity contribution in [3.05, 3.63) is 54.1 Å². The third-order valence-electron chi connectivity index (χ3n) is 2.72. The first-order valence-electron chi connectivity index (χ1n) is 6.27. The molecule has 0 saturated carbocycles. The van der Waals surface area contributed by atoms with Gasteiger partial charge in [0.2, 0.25) is 0 Å². The van der Waals surface area contributed by atoms with E-state index in [1.54, 1.807) is 25.3 Å². The number of methoxy groups -OCH3 is 1. The third-order valence-corrected chi connectivity index (χ3v) is 2.72. The maximum atomic E-state index is 10.8. The predicted octanol–water partition coefficient (Wildman–Crippen LogP) is 2.97. The number of rotatable bonds is 7. The van der Waals surface area contributed by atoms with E-state index in [1.807, 2.05) is 30.3 Å². The fourth-order valence-electron chi connectivity index (χ4n) is 1.69. The molecule has 0 aliphatic rings. The summed E-state index contributed by atoms with van der Waals surface area (Å²) in [5.41, 5.74) is 0.539. The maximum absolute atomic E-state index is 10.8. The highest BCUT2D eigenvalue weighted by atomic mass is 16.5. The Kier molecular flexibility index (Phi) is 5.00. The van der Waals surface area contributed by atoms with E-state index in [-0.39, 0.29) is 0 Å². The first kappa shape index (κ1) is 13.9. The number of benzene rings is 2. The molecule has 0 bridgehead atoms. The van der Waals surface area contributed by atoms with Gasteiger partial charge in [0.25, 0.3) is 0 Å². The van der Waals surface area contributed by atoms with Gasteiger partial charge in [0.15, 0.2) is 6.29 Å². The van der Waals surface area contributed by atoms with E-state index < -0.39 is 0 Å². The molecule has 4 heteroatoms. The van der Waals surface area contributed by atoms with Crippen LogP contribution in [-0.4, -0.2) is 26.6 Å². The lowest BCUT2D eigenvalue weighted by molar-refractivity contribution is 0.111. The molecule has 0 aliphatic heterocycles. The van der Waals surface area contributed by atoms with Gasteiger partial charge < -0.3 is 14.2 Å². The van der Waals surface area contributed by atoms with E-state index in [1.165, 1.54) is 0 Å². The Balaban J connectivity index is 1.79. The highest BCUT2D eigenvalue weighted by Gasteiger charge is 2.01. The van der Waals surface area contributed by atoms with Crippen molar-refractivity contribution in [3.8, 4) is 17.2 Å². The highest BCUT2D eigenvalue weighted by molar-refractivity contribution is 5.79. The summed E-state index contributed by atoms with van der Waals surface area (Å²) < 4.78 is 16.1. The molecule has 0 amide bonds. The molecule has 2 rings (SSSR count). The summed E-state index contributed by atoms with van der Waals surface area (Å²) in [6, 6.07) is 14.4. The highest BCUT2D eigenvalue weighted by Crippen LogP contribution is 2.18. The number of ether oxygens (including phenoxy) is 3. The SMILES string of the molecule is COc1ccc(OCCOc2ccccc2C=O)cc1. The Bertz CT molecular complexity index is 549. The van der Waals surface area contributed by atoms with Crippen molar-refractivity contribution in [1.29, 1.82) is 0 Å². The van der Waals surface area contributed by atoms with Gasteiger partial charge in [-0.05, 0) is 36.4 Å². The van der Waals surface area contributed by atoms with Gasteiger partial charge in [-0.1, -0.05) is 12.1 Å². The van der Waals surface area contributed by atoms with Crippen LogP contribution < -0.4 is 14.2 Å². The van der Waals surface area contributed by atoms with Crippen LogP contribution in [0.3, 0.4) is 0 Å². The van der Waals surface area contributed by atoms with Crippen LogP contribution in [-0.2, 0) is 0 Å². The molecule has 0 aliphatic carbocycles. The van der Waals surface area contributed by atoms with Crippen LogP contribution in [0.5, 0.6) is 17.2 Å².